The number of rotatable bonds is 5. The highest BCUT2D eigenvalue weighted by atomic mass is 79.9. The molecule has 0 aliphatic carbocycles. The summed E-state index contributed by atoms with van der Waals surface area (Å²) >= 11 is 3.29. The second-order valence-electron chi connectivity index (χ2n) is 5.86. The van der Waals surface area contributed by atoms with E-state index >= 15 is 0 Å². The summed E-state index contributed by atoms with van der Waals surface area (Å²) in [6.07, 6.45) is 0. The molecule has 1 N–H and O–H groups in total. The van der Waals surface area contributed by atoms with E-state index in [2.05, 4.69) is 20.7 Å². The number of nitrogens with one attached hydrogen (secondary N) is 1. The summed E-state index contributed by atoms with van der Waals surface area (Å²) in [6, 6.07) is 14.2. The lowest BCUT2D eigenvalue weighted by Crippen LogP contribution is -2.47. The number of hydrogen-bond acceptors (Lipinski definition) is 4. The normalized spacial score (nSPS) is 16.3. The first-order valence-corrected chi connectivity index (χ1v) is 10.4. The van der Waals surface area contributed by atoms with Gasteiger partial charge in [0.15, 0.2) is 0 Å². The van der Waals surface area contributed by atoms with Crippen LogP contribution in [0.5, 0.6) is 0 Å². The van der Waals surface area contributed by atoms with Crippen molar-refractivity contribution in [1.29, 1.82) is 0 Å². The third-order valence-electron chi connectivity index (χ3n) is 4.10. The van der Waals surface area contributed by atoms with Crippen LogP contribution in [-0.2, 0) is 19.6 Å². The van der Waals surface area contributed by atoms with E-state index < -0.39 is 16.1 Å². The lowest BCUT2D eigenvalue weighted by atomic mass is 10.1. The maximum absolute atomic E-state index is 13.0. The molecule has 1 amide bonds. The van der Waals surface area contributed by atoms with Gasteiger partial charge in [-0.05, 0) is 29.8 Å². The Bertz CT molecular complexity index is 851. The van der Waals surface area contributed by atoms with Crippen molar-refractivity contribution in [3.8, 4) is 0 Å². The monoisotopic (exact) mass is 438 g/mol. The van der Waals surface area contributed by atoms with E-state index in [4.69, 9.17) is 4.74 Å². The molecule has 6 nitrogen and oxygen atoms in total. The van der Waals surface area contributed by atoms with Gasteiger partial charge in [0.1, 0.15) is 6.04 Å². The summed E-state index contributed by atoms with van der Waals surface area (Å²) in [5.41, 5.74) is 0.602. The van der Waals surface area contributed by atoms with Gasteiger partial charge in [0.2, 0.25) is 15.9 Å². The molecule has 1 saturated heterocycles. The summed E-state index contributed by atoms with van der Waals surface area (Å²) in [6.45, 7) is 1.80. The molecular weight excluding hydrogens is 420 g/mol. The van der Waals surface area contributed by atoms with Crippen LogP contribution in [0.25, 0.3) is 0 Å². The standard InChI is InChI=1S/C18H19BrN2O4S/c19-15-6-8-16(9-7-15)26(23,24)20-17(14-4-2-1-3-5-14)18(22)21-10-12-25-13-11-21/h1-9,17,20H,10-13H2/t17-/m1/s1. The van der Waals surface area contributed by atoms with Crippen LogP contribution >= 0.6 is 15.9 Å². The summed E-state index contributed by atoms with van der Waals surface area (Å²) < 4.78 is 34.2. The Labute approximate surface area is 161 Å². The molecule has 1 heterocycles. The zero-order valence-electron chi connectivity index (χ0n) is 14.0. The summed E-state index contributed by atoms with van der Waals surface area (Å²) in [5, 5.41) is 0. The number of nitrogens with zero attached hydrogens (tertiary/aromatic N) is 1. The summed E-state index contributed by atoms with van der Waals surface area (Å²) in [7, 11) is -3.86. The van der Waals surface area contributed by atoms with Crippen molar-refractivity contribution in [2.24, 2.45) is 0 Å². The number of sulfonamides is 1. The maximum Gasteiger partial charge on any atom is 0.245 e. The number of benzene rings is 2. The molecule has 1 aliphatic heterocycles. The molecule has 1 aliphatic rings. The van der Waals surface area contributed by atoms with Crippen LogP contribution in [0.1, 0.15) is 11.6 Å². The summed E-state index contributed by atoms with van der Waals surface area (Å²) in [5.74, 6) is -0.278. The van der Waals surface area contributed by atoms with Crippen molar-refractivity contribution in [1.82, 2.24) is 9.62 Å². The Hall–Kier alpha value is -1.74. The molecule has 138 valence electrons. The second-order valence-corrected chi connectivity index (χ2v) is 8.49. The SMILES string of the molecule is O=C([C@H](NS(=O)(=O)c1ccc(Br)cc1)c1ccccc1)N1CCOCC1. The number of morpholine rings is 1. The predicted molar refractivity (Wildman–Crippen MR) is 101 cm³/mol. The molecule has 2 aromatic rings. The fourth-order valence-corrected chi connectivity index (χ4v) is 4.15. The molecule has 26 heavy (non-hydrogen) atoms. The number of ether oxygens (including phenoxy) is 1. The van der Waals surface area contributed by atoms with Gasteiger partial charge in [0, 0.05) is 17.6 Å². The van der Waals surface area contributed by atoms with Gasteiger partial charge in [-0.2, -0.15) is 4.72 Å². The molecule has 0 saturated carbocycles. The summed E-state index contributed by atoms with van der Waals surface area (Å²) in [4.78, 5) is 14.7. The van der Waals surface area contributed by atoms with Crippen molar-refractivity contribution >= 4 is 31.9 Å². The van der Waals surface area contributed by atoms with E-state index in [1.54, 1.807) is 41.3 Å². The third-order valence-corrected chi connectivity index (χ3v) is 6.07. The van der Waals surface area contributed by atoms with Crippen molar-refractivity contribution in [2.45, 2.75) is 10.9 Å². The van der Waals surface area contributed by atoms with E-state index in [0.717, 1.165) is 4.47 Å². The van der Waals surface area contributed by atoms with Gasteiger partial charge in [0.05, 0.1) is 18.1 Å². The number of hydrogen-bond donors (Lipinski definition) is 1. The van der Waals surface area contributed by atoms with Crippen molar-refractivity contribution in [3.63, 3.8) is 0 Å². The topological polar surface area (TPSA) is 75.7 Å². The van der Waals surface area contributed by atoms with Crippen molar-refractivity contribution < 1.29 is 17.9 Å². The van der Waals surface area contributed by atoms with Gasteiger partial charge < -0.3 is 9.64 Å². The number of amides is 1. The minimum atomic E-state index is -3.86. The first kappa shape index (κ1) is 19.0. The highest BCUT2D eigenvalue weighted by molar-refractivity contribution is 9.10. The highest BCUT2D eigenvalue weighted by Crippen LogP contribution is 2.21. The Balaban J connectivity index is 1.90. The highest BCUT2D eigenvalue weighted by Gasteiger charge is 2.31. The maximum atomic E-state index is 13.0. The fraction of sp³-hybridized carbons (Fsp3) is 0.278. The Morgan fingerprint density at radius 3 is 2.27 bits per heavy atom. The lowest BCUT2D eigenvalue weighted by molar-refractivity contribution is -0.137. The number of carbonyl (C=O) groups is 1. The van der Waals surface area contributed by atoms with Crippen LogP contribution in [0, 0.1) is 0 Å². The molecule has 0 unspecified atom stereocenters. The molecule has 0 bridgehead atoms. The quantitative estimate of drug-likeness (QED) is 0.776. The molecule has 8 heteroatoms. The molecule has 0 spiro atoms. The molecular formula is C18H19BrN2O4S. The van der Waals surface area contributed by atoms with E-state index in [1.165, 1.54) is 12.1 Å². The minimum absolute atomic E-state index is 0.108. The minimum Gasteiger partial charge on any atom is -0.378 e. The van der Waals surface area contributed by atoms with Gasteiger partial charge in [-0.1, -0.05) is 46.3 Å². The first-order valence-electron chi connectivity index (χ1n) is 8.17. The zero-order chi connectivity index (χ0) is 18.6. The van der Waals surface area contributed by atoms with Crippen LogP contribution in [0.3, 0.4) is 0 Å². The fourth-order valence-electron chi connectivity index (χ4n) is 2.71. The van der Waals surface area contributed by atoms with Gasteiger partial charge in [-0.15, -0.1) is 0 Å². The predicted octanol–water partition coefficient (Wildman–Crippen LogP) is 2.33. The molecule has 2 aromatic carbocycles. The zero-order valence-corrected chi connectivity index (χ0v) is 16.4. The van der Waals surface area contributed by atoms with Crippen molar-refractivity contribution in [3.05, 3.63) is 64.6 Å². The van der Waals surface area contributed by atoms with Crippen LogP contribution in [0.4, 0.5) is 0 Å². The van der Waals surface area contributed by atoms with Gasteiger partial charge in [0.25, 0.3) is 0 Å². The molecule has 1 atom stereocenters. The van der Waals surface area contributed by atoms with Crippen LogP contribution in [0.2, 0.25) is 0 Å². The van der Waals surface area contributed by atoms with Gasteiger partial charge in [-0.25, -0.2) is 8.42 Å². The molecule has 0 radical (unpaired) electrons. The van der Waals surface area contributed by atoms with E-state index in [-0.39, 0.29) is 10.8 Å². The van der Waals surface area contributed by atoms with E-state index in [0.29, 0.717) is 31.9 Å². The number of halogens is 1. The van der Waals surface area contributed by atoms with E-state index in [9.17, 15) is 13.2 Å². The van der Waals surface area contributed by atoms with Crippen LogP contribution in [0.15, 0.2) is 64.0 Å². The largest absolute Gasteiger partial charge is 0.378 e. The average molecular weight is 439 g/mol. The third kappa shape index (κ3) is 4.50. The Morgan fingerprint density at radius 2 is 1.65 bits per heavy atom. The molecule has 0 aromatic heterocycles. The van der Waals surface area contributed by atoms with Crippen molar-refractivity contribution in [2.75, 3.05) is 26.3 Å². The van der Waals surface area contributed by atoms with E-state index in [1.807, 2.05) is 6.07 Å². The lowest BCUT2D eigenvalue weighted by Gasteiger charge is -2.30. The molecule has 1 fully saturated rings. The molecule has 3 rings (SSSR count). The Kier molecular flexibility index (Phi) is 6.08. The van der Waals surface area contributed by atoms with Gasteiger partial charge in [-0.3, -0.25) is 4.79 Å². The second kappa shape index (κ2) is 8.30. The van der Waals surface area contributed by atoms with Crippen LogP contribution in [-0.4, -0.2) is 45.5 Å². The first-order chi connectivity index (χ1) is 12.5. The van der Waals surface area contributed by atoms with Crippen LogP contribution < -0.4 is 4.72 Å². The smallest absolute Gasteiger partial charge is 0.245 e. The van der Waals surface area contributed by atoms with Gasteiger partial charge >= 0.3 is 0 Å². The Morgan fingerprint density at radius 1 is 1.04 bits per heavy atom. The average Bonchev–Trinajstić information content (AvgIpc) is 2.67. The number of carbonyl (C=O) groups excluding carboxylic acids is 1.